The molecule has 178 valence electrons. The number of nitro groups is 1. The molecule has 0 spiro atoms. The van der Waals surface area contributed by atoms with Gasteiger partial charge in [-0.3, -0.25) is 24.3 Å². The number of methoxy groups -OCH3 is 1. The Morgan fingerprint density at radius 3 is 2.66 bits per heavy atom. The number of aromatic nitrogens is 2. The van der Waals surface area contributed by atoms with E-state index in [0.29, 0.717) is 27.4 Å². The zero-order valence-corrected chi connectivity index (χ0v) is 20.1. The first-order chi connectivity index (χ1) is 16.8. The van der Waals surface area contributed by atoms with Gasteiger partial charge >= 0.3 is 0 Å². The molecule has 1 aromatic heterocycles. The predicted octanol–water partition coefficient (Wildman–Crippen LogP) is 4.65. The number of ether oxygens (including phenoxy) is 1. The van der Waals surface area contributed by atoms with Crippen LogP contribution >= 0.6 is 11.8 Å². The van der Waals surface area contributed by atoms with Gasteiger partial charge in [-0.25, -0.2) is 4.98 Å². The van der Waals surface area contributed by atoms with E-state index in [0.717, 1.165) is 22.9 Å². The number of fused-ring (bicyclic) bond motifs is 1. The maximum Gasteiger partial charge on any atom is 0.273 e. The zero-order valence-electron chi connectivity index (χ0n) is 19.3. The van der Waals surface area contributed by atoms with Gasteiger partial charge in [0.1, 0.15) is 5.75 Å². The van der Waals surface area contributed by atoms with Crippen molar-refractivity contribution in [3.8, 4) is 11.4 Å². The van der Waals surface area contributed by atoms with Gasteiger partial charge in [0.05, 0.1) is 46.1 Å². The van der Waals surface area contributed by atoms with E-state index in [4.69, 9.17) is 4.74 Å². The summed E-state index contributed by atoms with van der Waals surface area (Å²) < 4.78 is 6.72. The second kappa shape index (κ2) is 9.98. The zero-order chi connectivity index (χ0) is 25.1. The molecule has 0 saturated carbocycles. The van der Waals surface area contributed by atoms with Crippen molar-refractivity contribution in [2.45, 2.75) is 19.0 Å². The van der Waals surface area contributed by atoms with Gasteiger partial charge in [-0.1, -0.05) is 36.0 Å². The normalized spacial score (nSPS) is 10.8. The molecule has 0 radical (unpaired) electrons. The average Bonchev–Trinajstić information content (AvgIpc) is 2.85. The van der Waals surface area contributed by atoms with Crippen molar-refractivity contribution in [1.82, 2.24) is 9.55 Å². The highest BCUT2D eigenvalue weighted by atomic mass is 32.2. The minimum atomic E-state index is -0.540. The lowest BCUT2D eigenvalue weighted by Gasteiger charge is -2.16. The molecule has 0 aliphatic heterocycles. The topological polar surface area (TPSA) is 116 Å². The number of carbonyl (C=O) groups is 1. The number of aryl methyl sites for hydroxylation is 1. The van der Waals surface area contributed by atoms with Gasteiger partial charge in [0, 0.05) is 6.07 Å². The lowest BCUT2D eigenvalue weighted by atomic mass is 10.1. The molecule has 3 aromatic carbocycles. The van der Waals surface area contributed by atoms with Crippen LogP contribution < -0.4 is 15.6 Å². The molecule has 4 rings (SSSR count). The Morgan fingerprint density at radius 2 is 1.91 bits per heavy atom. The van der Waals surface area contributed by atoms with Crippen molar-refractivity contribution in [2.75, 3.05) is 18.2 Å². The summed E-state index contributed by atoms with van der Waals surface area (Å²) in [7, 11) is 1.37. The van der Waals surface area contributed by atoms with Gasteiger partial charge in [0.25, 0.3) is 11.2 Å². The molecule has 1 N–H and O–H groups in total. The molecule has 0 bridgehead atoms. The number of rotatable bonds is 7. The van der Waals surface area contributed by atoms with Crippen LogP contribution in [0.3, 0.4) is 0 Å². The summed E-state index contributed by atoms with van der Waals surface area (Å²) in [6.45, 7) is 3.91. The number of non-ortho nitro benzene ring substituents is 1. The number of para-hydroxylation sites is 1. The Morgan fingerprint density at radius 1 is 1.14 bits per heavy atom. The van der Waals surface area contributed by atoms with Crippen LogP contribution in [0.4, 0.5) is 11.4 Å². The lowest BCUT2D eigenvalue weighted by Crippen LogP contribution is -2.23. The van der Waals surface area contributed by atoms with Crippen molar-refractivity contribution in [1.29, 1.82) is 0 Å². The second-order valence-electron chi connectivity index (χ2n) is 7.75. The fourth-order valence-corrected chi connectivity index (χ4v) is 4.42. The van der Waals surface area contributed by atoms with Crippen molar-refractivity contribution >= 4 is 39.9 Å². The van der Waals surface area contributed by atoms with E-state index in [2.05, 4.69) is 10.3 Å². The van der Waals surface area contributed by atoms with Crippen molar-refractivity contribution < 1.29 is 14.5 Å². The SMILES string of the molecule is COc1cc([N+](=O)[O-])ccc1NC(=O)CSc1nc2ccccc2c(=O)n1-c1cccc(C)c1C. The fraction of sp³-hybridized carbons (Fsp3) is 0.160. The average molecular weight is 491 g/mol. The number of nitro benzene ring substituents is 1. The summed E-state index contributed by atoms with van der Waals surface area (Å²) in [5.74, 6) is -0.249. The summed E-state index contributed by atoms with van der Waals surface area (Å²) in [6.07, 6.45) is 0. The van der Waals surface area contributed by atoms with Crippen LogP contribution in [0, 0.1) is 24.0 Å². The number of hydrogen-bond acceptors (Lipinski definition) is 7. The minimum absolute atomic E-state index is 0.0458. The highest BCUT2D eigenvalue weighted by Crippen LogP contribution is 2.30. The molecule has 9 nitrogen and oxygen atoms in total. The van der Waals surface area contributed by atoms with E-state index in [9.17, 15) is 19.7 Å². The molecule has 0 fully saturated rings. The number of carbonyl (C=O) groups excluding carboxylic acids is 1. The Kier molecular flexibility index (Phi) is 6.83. The highest BCUT2D eigenvalue weighted by molar-refractivity contribution is 7.99. The molecular formula is C25H22N4O5S. The molecule has 0 saturated heterocycles. The number of nitrogens with one attached hydrogen (secondary N) is 1. The van der Waals surface area contributed by atoms with E-state index >= 15 is 0 Å². The first kappa shape index (κ1) is 24.0. The molecule has 0 aliphatic carbocycles. The summed E-state index contributed by atoms with van der Waals surface area (Å²) in [5.41, 5.74) is 3.15. The van der Waals surface area contributed by atoms with Crippen LogP contribution in [-0.2, 0) is 4.79 Å². The van der Waals surface area contributed by atoms with Gasteiger partial charge in [0.15, 0.2) is 5.16 Å². The Balaban J connectivity index is 1.67. The van der Waals surface area contributed by atoms with Crippen LogP contribution in [0.1, 0.15) is 11.1 Å². The minimum Gasteiger partial charge on any atom is -0.494 e. The number of nitrogens with zero attached hydrogens (tertiary/aromatic N) is 3. The molecular weight excluding hydrogens is 468 g/mol. The van der Waals surface area contributed by atoms with Crippen LogP contribution in [-0.4, -0.2) is 33.2 Å². The molecule has 35 heavy (non-hydrogen) atoms. The molecule has 1 heterocycles. The summed E-state index contributed by atoms with van der Waals surface area (Å²) in [4.78, 5) is 41.3. The van der Waals surface area contributed by atoms with E-state index in [1.165, 1.54) is 29.9 Å². The van der Waals surface area contributed by atoms with Gasteiger partial charge in [-0.05, 0) is 49.2 Å². The third-order valence-corrected chi connectivity index (χ3v) is 6.50. The number of amides is 1. The third kappa shape index (κ3) is 4.87. The van der Waals surface area contributed by atoms with Gasteiger partial charge < -0.3 is 10.1 Å². The number of hydrogen-bond donors (Lipinski definition) is 1. The maximum atomic E-state index is 13.5. The molecule has 0 atom stereocenters. The Bertz CT molecular complexity index is 1520. The molecule has 0 unspecified atom stereocenters. The third-order valence-electron chi connectivity index (χ3n) is 5.56. The fourth-order valence-electron chi connectivity index (χ4n) is 3.61. The van der Waals surface area contributed by atoms with Crippen LogP contribution in [0.15, 0.2) is 70.6 Å². The maximum absolute atomic E-state index is 13.5. The highest BCUT2D eigenvalue weighted by Gasteiger charge is 2.18. The Labute approximate surface area is 204 Å². The monoisotopic (exact) mass is 490 g/mol. The van der Waals surface area contributed by atoms with Gasteiger partial charge in [0.2, 0.25) is 5.91 Å². The largest absolute Gasteiger partial charge is 0.494 e. The van der Waals surface area contributed by atoms with Gasteiger partial charge in [-0.2, -0.15) is 0 Å². The predicted molar refractivity (Wildman–Crippen MR) is 136 cm³/mol. The quantitative estimate of drug-likeness (QED) is 0.173. The second-order valence-corrected chi connectivity index (χ2v) is 8.69. The first-order valence-electron chi connectivity index (χ1n) is 10.6. The molecule has 4 aromatic rings. The lowest BCUT2D eigenvalue weighted by molar-refractivity contribution is -0.384. The number of anilines is 1. The van der Waals surface area contributed by atoms with E-state index in [1.54, 1.807) is 24.3 Å². The van der Waals surface area contributed by atoms with Crippen LogP contribution in [0.5, 0.6) is 5.75 Å². The van der Waals surface area contributed by atoms with E-state index in [-0.39, 0.29) is 28.7 Å². The smallest absolute Gasteiger partial charge is 0.273 e. The van der Waals surface area contributed by atoms with E-state index < -0.39 is 4.92 Å². The standard InChI is InChI=1S/C25H22N4O5S/c1-15-7-6-10-21(16(15)2)28-24(31)18-8-4-5-9-19(18)27-25(28)35-14-23(30)26-20-12-11-17(29(32)33)13-22(20)34-3/h4-13H,14H2,1-3H3,(H,26,30). The van der Waals surface area contributed by atoms with Crippen molar-refractivity contribution in [2.24, 2.45) is 0 Å². The van der Waals surface area contributed by atoms with Crippen molar-refractivity contribution in [3.05, 3.63) is 92.3 Å². The van der Waals surface area contributed by atoms with Crippen LogP contribution in [0.2, 0.25) is 0 Å². The first-order valence-corrected chi connectivity index (χ1v) is 11.6. The van der Waals surface area contributed by atoms with E-state index in [1.807, 2.05) is 32.0 Å². The summed E-state index contributed by atoms with van der Waals surface area (Å²) in [6, 6.07) is 16.7. The van der Waals surface area contributed by atoms with Crippen LogP contribution in [0.25, 0.3) is 16.6 Å². The molecule has 0 aliphatic rings. The Hall–Kier alpha value is -4.18. The summed E-state index contributed by atoms with van der Waals surface area (Å²) >= 11 is 1.13. The van der Waals surface area contributed by atoms with Crippen molar-refractivity contribution in [3.63, 3.8) is 0 Å². The summed E-state index contributed by atoms with van der Waals surface area (Å²) in [5, 5.41) is 14.6. The molecule has 1 amide bonds. The number of thioether (sulfide) groups is 1. The number of benzene rings is 3. The molecule has 10 heteroatoms. The van der Waals surface area contributed by atoms with Gasteiger partial charge in [-0.15, -0.1) is 0 Å².